The van der Waals surface area contributed by atoms with Crippen LogP contribution in [-0.2, 0) is 11.8 Å². The predicted molar refractivity (Wildman–Crippen MR) is 104 cm³/mol. The van der Waals surface area contributed by atoms with E-state index in [2.05, 4.69) is 9.97 Å². The van der Waals surface area contributed by atoms with Gasteiger partial charge in [0.1, 0.15) is 11.5 Å². The van der Waals surface area contributed by atoms with Crippen LogP contribution in [-0.4, -0.2) is 38.8 Å². The smallest absolute Gasteiger partial charge is 0.270 e. The molecule has 0 bridgehead atoms. The summed E-state index contributed by atoms with van der Waals surface area (Å²) in [5.74, 6) is 1.05. The number of carbonyl (C=O) groups excluding carboxylic acids is 1. The van der Waals surface area contributed by atoms with Crippen molar-refractivity contribution in [2.75, 3.05) is 13.1 Å². The molecule has 0 radical (unpaired) electrons. The van der Waals surface area contributed by atoms with E-state index in [1.165, 1.54) is 12.1 Å². The van der Waals surface area contributed by atoms with E-state index in [9.17, 15) is 14.4 Å². The number of hydrogen-bond donors (Lipinski definition) is 2. The summed E-state index contributed by atoms with van der Waals surface area (Å²) in [6.45, 7) is 2.98. The van der Waals surface area contributed by atoms with E-state index in [1.807, 2.05) is 4.90 Å². The maximum absolute atomic E-state index is 13.1. The zero-order valence-corrected chi connectivity index (χ0v) is 16.0. The number of fused-ring (bicyclic) bond motifs is 2. The molecule has 2 aromatic rings. The fourth-order valence-electron chi connectivity index (χ4n) is 4.89. The van der Waals surface area contributed by atoms with Crippen molar-refractivity contribution in [3.05, 3.63) is 61.2 Å². The molecule has 5 rings (SSSR count). The highest BCUT2D eigenvalue weighted by atomic mass is 16.2. The molecule has 2 N–H and O–H groups in total. The first-order valence-corrected chi connectivity index (χ1v) is 10.1. The third-order valence-corrected chi connectivity index (χ3v) is 6.43. The highest BCUT2D eigenvalue weighted by molar-refractivity contribution is 5.92. The second-order valence-electron chi connectivity index (χ2n) is 8.58. The first kappa shape index (κ1) is 17.4. The predicted octanol–water partition coefficient (Wildman–Crippen LogP) is 1.76. The number of hydrogen-bond acceptors (Lipinski definition) is 4. The van der Waals surface area contributed by atoms with Crippen molar-refractivity contribution < 1.29 is 4.79 Å². The van der Waals surface area contributed by atoms with Gasteiger partial charge in [0.2, 0.25) is 0 Å². The molecule has 7 heteroatoms. The van der Waals surface area contributed by atoms with Crippen LogP contribution in [0.25, 0.3) is 0 Å². The Labute approximate surface area is 162 Å². The number of aromatic amines is 2. The maximum atomic E-state index is 13.1. The van der Waals surface area contributed by atoms with Crippen molar-refractivity contribution >= 4 is 5.91 Å². The molecule has 3 aliphatic rings. The molecule has 146 valence electrons. The summed E-state index contributed by atoms with van der Waals surface area (Å²) in [5, 5.41) is 0. The second kappa shape index (κ2) is 6.15. The fraction of sp³-hybridized carbons (Fsp3) is 0.524. The zero-order valence-electron chi connectivity index (χ0n) is 16.0. The van der Waals surface area contributed by atoms with Gasteiger partial charge in [-0.3, -0.25) is 14.4 Å². The number of likely N-dealkylation sites (tertiary alicyclic amines) is 1. The van der Waals surface area contributed by atoms with Crippen molar-refractivity contribution in [3.63, 3.8) is 0 Å². The number of nitrogens with one attached hydrogen (secondary N) is 2. The summed E-state index contributed by atoms with van der Waals surface area (Å²) in [5.41, 5.74) is 2.30. The van der Waals surface area contributed by atoms with Crippen LogP contribution in [0, 0.1) is 6.92 Å². The molecule has 3 heterocycles. The average Bonchev–Trinajstić information content (AvgIpc) is 3.45. The van der Waals surface area contributed by atoms with Crippen LogP contribution in [0.2, 0.25) is 0 Å². The minimum atomic E-state index is -0.245. The van der Waals surface area contributed by atoms with Gasteiger partial charge in [0.05, 0.1) is 5.69 Å². The molecule has 0 aromatic carbocycles. The van der Waals surface area contributed by atoms with E-state index in [1.54, 1.807) is 6.92 Å². The lowest BCUT2D eigenvalue weighted by molar-refractivity contribution is 0.0627. The lowest BCUT2D eigenvalue weighted by atomic mass is 9.77. The maximum Gasteiger partial charge on any atom is 0.270 e. The lowest BCUT2D eigenvalue weighted by Crippen LogP contribution is -2.48. The third-order valence-electron chi connectivity index (χ3n) is 6.43. The Bertz CT molecular complexity index is 1080. The number of rotatable bonds is 2. The quantitative estimate of drug-likeness (QED) is 0.829. The van der Waals surface area contributed by atoms with Crippen LogP contribution < -0.4 is 11.0 Å². The first-order chi connectivity index (χ1) is 13.4. The van der Waals surface area contributed by atoms with Gasteiger partial charge in [0.25, 0.3) is 11.5 Å². The normalized spacial score (nSPS) is 23.8. The van der Waals surface area contributed by atoms with Crippen LogP contribution in [0.5, 0.6) is 0 Å². The van der Waals surface area contributed by atoms with Gasteiger partial charge in [-0.25, -0.2) is 4.98 Å². The minimum Gasteiger partial charge on any atom is -0.354 e. The Morgan fingerprint density at radius 2 is 2.04 bits per heavy atom. The molecular weight excluding hydrogens is 356 g/mol. The number of aromatic nitrogens is 3. The summed E-state index contributed by atoms with van der Waals surface area (Å²) >= 11 is 0. The minimum absolute atomic E-state index is 0.00441. The van der Waals surface area contributed by atoms with Crippen LogP contribution in [0.4, 0.5) is 0 Å². The third kappa shape index (κ3) is 2.80. The summed E-state index contributed by atoms with van der Waals surface area (Å²) < 4.78 is 0. The first-order valence-electron chi connectivity index (χ1n) is 10.1. The summed E-state index contributed by atoms with van der Waals surface area (Å²) in [4.78, 5) is 50.2. The van der Waals surface area contributed by atoms with Crippen molar-refractivity contribution in [1.82, 2.24) is 19.9 Å². The van der Waals surface area contributed by atoms with Crippen LogP contribution in [0.3, 0.4) is 0 Å². The number of piperidine rings is 1. The van der Waals surface area contributed by atoms with E-state index in [-0.39, 0.29) is 22.3 Å². The van der Waals surface area contributed by atoms with Gasteiger partial charge in [-0.05, 0) is 45.4 Å². The highest BCUT2D eigenvalue weighted by Crippen LogP contribution is 2.45. The Morgan fingerprint density at radius 3 is 2.79 bits per heavy atom. The fourth-order valence-corrected chi connectivity index (χ4v) is 4.89. The molecular formula is C21H24N4O3. The molecule has 1 unspecified atom stereocenters. The van der Waals surface area contributed by atoms with Gasteiger partial charge >= 0.3 is 0 Å². The SMILES string of the molecule is Cc1cc(=O)cc(C(=O)N2CCCC3(CCc4c3nc(C3CC3)[nH]c4=O)C2)[nH]1. The Kier molecular flexibility index (Phi) is 3.82. The Balaban J connectivity index is 1.49. The van der Waals surface area contributed by atoms with Gasteiger partial charge in [-0.1, -0.05) is 0 Å². The number of pyridine rings is 1. The number of carbonyl (C=O) groups is 1. The van der Waals surface area contributed by atoms with E-state index in [0.29, 0.717) is 36.8 Å². The van der Waals surface area contributed by atoms with Crippen molar-refractivity contribution in [2.24, 2.45) is 0 Å². The molecule has 2 aliphatic carbocycles. The van der Waals surface area contributed by atoms with E-state index in [0.717, 1.165) is 49.2 Å². The molecule has 2 fully saturated rings. The molecule has 28 heavy (non-hydrogen) atoms. The average molecular weight is 380 g/mol. The molecule has 1 aliphatic heterocycles. The Morgan fingerprint density at radius 1 is 1.21 bits per heavy atom. The van der Waals surface area contributed by atoms with Crippen molar-refractivity contribution in [1.29, 1.82) is 0 Å². The van der Waals surface area contributed by atoms with Crippen LogP contribution in [0.1, 0.15) is 71.3 Å². The van der Waals surface area contributed by atoms with E-state index >= 15 is 0 Å². The standard InChI is InChI=1S/C21H24N4O3/c1-12-9-14(26)10-16(22-12)20(28)25-8-2-6-21(11-25)7-5-15-17(21)23-18(13-3-4-13)24-19(15)27/h9-10,13H,2-8,11H2,1H3,(H,22,26)(H,23,24,27). The molecule has 1 spiro atoms. The second-order valence-corrected chi connectivity index (χ2v) is 8.58. The van der Waals surface area contributed by atoms with Crippen molar-refractivity contribution in [3.8, 4) is 0 Å². The number of H-pyrrole nitrogens is 2. The Hall–Kier alpha value is -2.70. The van der Waals surface area contributed by atoms with E-state index in [4.69, 9.17) is 4.98 Å². The monoisotopic (exact) mass is 380 g/mol. The molecule has 1 saturated heterocycles. The summed E-state index contributed by atoms with van der Waals surface area (Å²) in [6.07, 6.45) is 5.54. The van der Waals surface area contributed by atoms with Gasteiger partial charge < -0.3 is 14.9 Å². The van der Waals surface area contributed by atoms with Gasteiger partial charge in [-0.15, -0.1) is 0 Å². The largest absolute Gasteiger partial charge is 0.354 e. The van der Waals surface area contributed by atoms with Gasteiger partial charge in [0.15, 0.2) is 5.43 Å². The van der Waals surface area contributed by atoms with Gasteiger partial charge in [0, 0.05) is 47.8 Å². The summed E-state index contributed by atoms with van der Waals surface area (Å²) in [6, 6.07) is 2.85. The van der Waals surface area contributed by atoms with E-state index < -0.39 is 0 Å². The number of amides is 1. The highest BCUT2D eigenvalue weighted by Gasteiger charge is 2.46. The molecule has 7 nitrogen and oxygen atoms in total. The molecule has 1 amide bonds. The zero-order chi connectivity index (χ0) is 19.5. The lowest BCUT2D eigenvalue weighted by Gasteiger charge is -2.40. The molecule has 1 atom stereocenters. The van der Waals surface area contributed by atoms with Crippen molar-refractivity contribution in [2.45, 2.75) is 56.8 Å². The summed E-state index contributed by atoms with van der Waals surface area (Å²) in [7, 11) is 0. The van der Waals surface area contributed by atoms with Crippen LogP contribution in [0.15, 0.2) is 21.7 Å². The molecule has 2 aromatic heterocycles. The van der Waals surface area contributed by atoms with Gasteiger partial charge in [-0.2, -0.15) is 0 Å². The number of nitrogens with zero attached hydrogens (tertiary/aromatic N) is 2. The molecule has 1 saturated carbocycles. The topological polar surface area (TPSA) is 98.9 Å². The number of aryl methyl sites for hydroxylation is 1. The van der Waals surface area contributed by atoms with Crippen LogP contribution >= 0.6 is 0 Å².